The first-order chi connectivity index (χ1) is 17.2. The number of aromatic hydroxyl groups is 1. The van der Waals surface area contributed by atoms with Gasteiger partial charge in [-0.1, -0.05) is 17.3 Å². The maximum absolute atomic E-state index is 13.7. The molecule has 0 aliphatic carbocycles. The molecule has 0 atom stereocenters. The van der Waals surface area contributed by atoms with Crippen LogP contribution in [0.4, 0.5) is 17.6 Å². The van der Waals surface area contributed by atoms with Crippen LogP contribution in [0.1, 0.15) is 11.5 Å². The molecule has 0 saturated carbocycles. The number of phenols is 1. The third-order valence-corrected chi connectivity index (χ3v) is 5.24. The molecule has 3 aromatic carbocycles. The smallest absolute Gasteiger partial charge is 0.416 e. The van der Waals surface area contributed by atoms with Crippen molar-refractivity contribution in [3.8, 4) is 34.0 Å². The van der Waals surface area contributed by atoms with Crippen LogP contribution in [0.15, 0.2) is 80.7 Å². The fraction of sp³-hybridized carbons (Fsp3) is 0.0800. The first-order valence-corrected chi connectivity index (χ1v) is 10.4. The molecule has 5 rings (SSSR count). The van der Waals surface area contributed by atoms with Crippen molar-refractivity contribution in [2.45, 2.75) is 12.8 Å². The lowest BCUT2D eigenvalue weighted by Gasteiger charge is -2.07. The van der Waals surface area contributed by atoms with Gasteiger partial charge < -0.3 is 18.8 Å². The van der Waals surface area contributed by atoms with Crippen molar-refractivity contribution in [3.05, 3.63) is 94.4 Å². The number of benzene rings is 3. The van der Waals surface area contributed by atoms with Gasteiger partial charge in [0.15, 0.2) is 12.0 Å². The summed E-state index contributed by atoms with van der Waals surface area (Å²) < 4.78 is 68.7. The van der Waals surface area contributed by atoms with E-state index >= 15 is 0 Å². The van der Waals surface area contributed by atoms with Crippen molar-refractivity contribution in [2.75, 3.05) is 0 Å². The molecule has 2 heterocycles. The number of alkyl halides is 3. The van der Waals surface area contributed by atoms with Crippen LogP contribution in [0.2, 0.25) is 0 Å². The van der Waals surface area contributed by atoms with Crippen molar-refractivity contribution in [2.24, 2.45) is 0 Å². The lowest BCUT2D eigenvalue weighted by Crippen LogP contribution is -2.05. The van der Waals surface area contributed by atoms with Crippen LogP contribution in [-0.4, -0.2) is 15.2 Å². The molecule has 1 N–H and O–H groups in total. The van der Waals surface area contributed by atoms with Crippen LogP contribution >= 0.6 is 0 Å². The molecule has 0 saturated heterocycles. The van der Waals surface area contributed by atoms with Crippen LogP contribution in [0.5, 0.6) is 11.5 Å². The zero-order valence-corrected chi connectivity index (χ0v) is 18.0. The Hall–Kier alpha value is -4.67. The predicted octanol–water partition coefficient (Wildman–Crippen LogP) is 5.95. The lowest BCUT2D eigenvalue weighted by molar-refractivity contribution is -0.137. The molecule has 7 nitrogen and oxygen atoms in total. The van der Waals surface area contributed by atoms with Crippen LogP contribution in [-0.2, 0) is 12.8 Å². The number of fused-ring (bicyclic) bond motifs is 1. The van der Waals surface area contributed by atoms with E-state index in [1.54, 1.807) is 12.1 Å². The minimum absolute atomic E-state index is 0.0629. The summed E-state index contributed by atoms with van der Waals surface area (Å²) in [6.07, 6.45) is -3.43. The number of phenolic OH excluding ortho intramolecular Hbond substituents is 1. The van der Waals surface area contributed by atoms with Gasteiger partial charge in [-0.3, -0.25) is 4.79 Å². The number of halogens is 4. The van der Waals surface area contributed by atoms with Gasteiger partial charge in [0.1, 0.15) is 29.2 Å². The molecule has 0 spiro atoms. The normalized spacial score (nSPS) is 11.7. The second kappa shape index (κ2) is 8.84. The fourth-order valence-corrected chi connectivity index (χ4v) is 3.50. The highest BCUT2D eigenvalue weighted by atomic mass is 19.4. The third kappa shape index (κ3) is 4.63. The average molecular weight is 498 g/mol. The maximum atomic E-state index is 13.7. The second-order valence-corrected chi connectivity index (χ2v) is 7.71. The molecule has 5 aromatic rings. The summed E-state index contributed by atoms with van der Waals surface area (Å²) in [5.74, 6) is -1.01. The highest BCUT2D eigenvalue weighted by Crippen LogP contribution is 2.32. The molecule has 11 heteroatoms. The Labute approximate surface area is 199 Å². The van der Waals surface area contributed by atoms with E-state index in [1.807, 2.05) is 0 Å². The van der Waals surface area contributed by atoms with Crippen molar-refractivity contribution < 1.29 is 36.3 Å². The number of rotatable bonds is 5. The summed E-state index contributed by atoms with van der Waals surface area (Å²) in [6, 6.07) is 12.6. The molecule has 0 radical (unpaired) electrons. The van der Waals surface area contributed by atoms with Crippen molar-refractivity contribution in [1.29, 1.82) is 0 Å². The Kier molecular flexibility index (Phi) is 5.67. The molecular formula is C25H14F4N2O5. The highest BCUT2D eigenvalue weighted by molar-refractivity contribution is 5.82. The van der Waals surface area contributed by atoms with Crippen molar-refractivity contribution >= 4 is 11.0 Å². The molecule has 0 bridgehead atoms. The lowest BCUT2D eigenvalue weighted by atomic mass is 10.1. The molecule has 0 fully saturated rings. The average Bonchev–Trinajstić information content (AvgIpc) is 3.32. The minimum Gasteiger partial charge on any atom is -0.508 e. The van der Waals surface area contributed by atoms with Crippen LogP contribution < -0.4 is 10.2 Å². The van der Waals surface area contributed by atoms with Crippen LogP contribution in [0, 0.1) is 5.82 Å². The van der Waals surface area contributed by atoms with Crippen LogP contribution in [0.25, 0.3) is 33.5 Å². The standard InChI is InChI=1S/C25H14F4N2O5/c26-16-8-14(7-15(9-16)25(27,28)29)24-30-22(36-31-24)12-34-18-5-6-19-21(10-18)35-11-20(23(19)33)13-1-3-17(32)4-2-13/h1-11,32H,12H2. The van der Waals surface area contributed by atoms with E-state index in [2.05, 4.69) is 10.1 Å². The summed E-state index contributed by atoms with van der Waals surface area (Å²) in [5.41, 5.74) is -0.494. The number of nitrogens with zero attached hydrogens (tertiary/aromatic N) is 2. The molecule has 36 heavy (non-hydrogen) atoms. The van der Waals surface area contributed by atoms with Gasteiger partial charge in [0.2, 0.25) is 5.82 Å². The Bertz CT molecular complexity index is 1620. The van der Waals surface area contributed by atoms with Crippen molar-refractivity contribution in [1.82, 2.24) is 10.1 Å². The number of hydrogen-bond acceptors (Lipinski definition) is 7. The van der Waals surface area contributed by atoms with Crippen LogP contribution in [0.3, 0.4) is 0 Å². The van der Waals surface area contributed by atoms with E-state index < -0.39 is 17.6 Å². The SMILES string of the molecule is O=c1c(-c2ccc(O)cc2)coc2cc(OCc3nc(-c4cc(F)cc(C(F)(F)F)c4)no3)ccc12. The Balaban J connectivity index is 1.34. The predicted molar refractivity (Wildman–Crippen MR) is 119 cm³/mol. The quantitative estimate of drug-likeness (QED) is 0.299. The van der Waals surface area contributed by atoms with Gasteiger partial charge in [-0.25, -0.2) is 4.39 Å². The Morgan fingerprint density at radius 1 is 0.972 bits per heavy atom. The summed E-state index contributed by atoms with van der Waals surface area (Å²) >= 11 is 0. The molecule has 0 aliphatic heterocycles. The maximum Gasteiger partial charge on any atom is 0.416 e. The van der Waals surface area contributed by atoms with E-state index in [0.717, 1.165) is 12.1 Å². The molecule has 0 unspecified atom stereocenters. The third-order valence-electron chi connectivity index (χ3n) is 5.24. The van der Waals surface area contributed by atoms with E-state index in [-0.39, 0.29) is 40.6 Å². The van der Waals surface area contributed by atoms with Gasteiger partial charge in [0, 0.05) is 11.6 Å². The van der Waals surface area contributed by atoms with Gasteiger partial charge in [-0.05, 0) is 48.0 Å². The molecular weight excluding hydrogens is 484 g/mol. The van der Waals surface area contributed by atoms with E-state index in [9.17, 15) is 27.5 Å². The van der Waals surface area contributed by atoms with E-state index in [4.69, 9.17) is 13.7 Å². The molecule has 182 valence electrons. The number of aromatic nitrogens is 2. The zero-order valence-electron chi connectivity index (χ0n) is 18.0. The summed E-state index contributed by atoms with van der Waals surface area (Å²) in [7, 11) is 0. The highest BCUT2D eigenvalue weighted by Gasteiger charge is 2.32. The van der Waals surface area contributed by atoms with Gasteiger partial charge in [0.05, 0.1) is 16.5 Å². The fourth-order valence-electron chi connectivity index (χ4n) is 3.50. The summed E-state index contributed by atoms with van der Waals surface area (Å²) in [4.78, 5) is 16.8. The monoisotopic (exact) mass is 498 g/mol. The Morgan fingerprint density at radius 3 is 2.50 bits per heavy atom. The summed E-state index contributed by atoms with van der Waals surface area (Å²) in [6.45, 7) is -0.240. The number of hydrogen-bond donors (Lipinski definition) is 1. The van der Waals surface area contributed by atoms with Gasteiger partial charge in [-0.15, -0.1) is 0 Å². The topological polar surface area (TPSA) is 98.6 Å². The molecule has 0 amide bonds. The second-order valence-electron chi connectivity index (χ2n) is 7.71. The number of ether oxygens (including phenoxy) is 1. The van der Waals surface area contributed by atoms with Crippen molar-refractivity contribution in [3.63, 3.8) is 0 Å². The Morgan fingerprint density at radius 2 is 1.75 bits per heavy atom. The first kappa shape index (κ1) is 23.1. The first-order valence-electron chi connectivity index (χ1n) is 10.4. The van der Waals surface area contributed by atoms with E-state index in [1.165, 1.54) is 36.6 Å². The molecule has 0 aliphatic rings. The zero-order chi connectivity index (χ0) is 25.4. The van der Waals surface area contributed by atoms with E-state index in [0.29, 0.717) is 28.3 Å². The van der Waals surface area contributed by atoms with Gasteiger partial charge >= 0.3 is 6.18 Å². The van der Waals surface area contributed by atoms with Gasteiger partial charge in [-0.2, -0.15) is 18.2 Å². The largest absolute Gasteiger partial charge is 0.508 e. The van der Waals surface area contributed by atoms with Gasteiger partial charge in [0.25, 0.3) is 5.89 Å². The minimum atomic E-state index is -4.73. The summed E-state index contributed by atoms with van der Waals surface area (Å²) in [5, 5.41) is 13.3. The molecule has 2 aromatic heterocycles.